The van der Waals surface area contributed by atoms with E-state index in [0.29, 0.717) is 0 Å². The summed E-state index contributed by atoms with van der Waals surface area (Å²) in [5, 5.41) is 0. The number of alkyl halides is 10. The standard InChI is InChI=1S/C5H2ClF9/c6-1-2(7,8)3(9,10)4(11,12)5(13,14)15/h1H2. The largest absolute Gasteiger partial charge is 0.460 e. The van der Waals surface area contributed by atoms with Gasteiger partial charge in [0.25, 0.3) is 0 Å². The second-order valence-electron chi connectivity index (χ2n) is 2.48. The minimum Gasteiger partial charge on any atom is -0.198 e. The van der Waals surface area contributed by atoms with E-state index in [1.807, 2.05) is 0 Å². The lowest BCUT2D eigenvalue weighted by Crippen LogP contribution is -2.61. The molecule has 0 fully saturated rings. The van der Waals surface area contributed by atoms with Crippen LogP contribution >= 0.6 is 11.6 Å². The van der Waals surface area contributed by atoms with E-state index in [2.05, 4.69) is 11.6 Å². The Balaban J connectivity index is 5.38. The molecule has 0 heterocycles. The molecule has 0 amide bonds. The molecule has 0 aliphatic carbocycles. The molecule has 0 aromatic carbocycles. The van der Waals surface area contributed by atoms with Crippen molar-refractivity contribution in [1.82, 2.24) is 0 Å². The fourth-order valence-electron chi connectivity index (χ4n) is 0.492. The Morgan fingerprint density at radius 3 is 1.20 bits per heavy atom. The first-order valence-corrected chi connectivity index (χ1v) is 3.61. The zero-order chi connectivity index (χ0) is 12.7. The van der Waals surface area contributed by atoms with Crippen molar-refractivity contribution in [2.45, 2.75) is 23.9 Å². The molecule has 0 aliphatic heterocycles. The van der Waals surface area contributed by atoms with Crippen LogP contribution in [-0.4, -0.2) is 29.8 Å². The predicted molar refractivity (Wildman–Crippen MR) is 31.6 cm³/mol. The predicted octanol–water partition coefficient (Wildman–Crippen LogP) is 3.69. The molecule has 0 bridgehead atoms. The van der Waals surface area contributed by atoms with E-state index in [1.54, 1.807) is 0 Å². The number of rotatable bonds is 3. The maximum Gasteiger partial charge on any atom is 0.460 e. The minimum atomic E-state index is -6.85. The molecule has 0 saturated carbocycles. The van der Waals surface area contributed by atoms with Crippen LogP contribution in [0.1, 0.15) is 0 Å². The normalized spacial score (nSPS) is 15.6. The summed E-state index contributed by atoms with van der Waals surface area (Å²) in [6.07, 6.45) is -6.79. The highest BCUT2D eigenvalue weighted by Crippen LogP contribution is 2.53. The summed E-state index contributed by atoms with van der Waals surface area (Å²) in [5.41, 5.74) is 0. The highest BCUT2D eigenvalue weighted by Gasteiger charge is 2.81. The summed E-state index contributed by atoms with van der Waals surface area (Å²) in [7, 11) is 0. The third-order valence-corrected chi connectivity index (χ3v) is 1.71. The van der Waals surface area contributed by atoms with Crippen molar-refractivity contribution in [3.8, 4) is 0 Å². The molecule has 92 valence electrons. The van der Waals surface area contributed by atoms with E-state index in [-0.39, 0.29) is 0 Å². The third kappa shape index (κ3) is 2.11. The van der Waals surface area contributed by atoms with Crippen molar-refractivity contribution in [2.75, 3.05) is 5.88 Å². The Morgan fingerprint density at radius 1 is 0.667 bits per heavy atom. The van der Waals surface area contributed by atoms with Crippen LogP contribution in [0.25, 0.3) is 0 Å². The van der Waals surface area contributed by atoms with Gasteiger partial charge in [-0.1, -0.05) is 0 Å². The first-order valence-electron chi connectivity index (χ1n) is 3.07. The maximum absolute atomic E-state index is 12.2. The molecule has 15 heavy (non-hydrogen) atoms. The molecule has 0 aromatic rings. The lowest BCUT2D eigenvalue weighted by atomic mass is 10.1. The molecule has 0 rings (SSSR count). The molecule has 0 atom stereocenters. The van der Waals surface area contributed by atoms with Crippen molar-refractivity contribution in [2.24, 2.45) is 0 Å². The Labute approximate surface area is 82.0 Å². The van der Waals surface area contributed by atoms with Crippen LogP contribution < -0.4 is 0 Å². The maximum atomic E-state index is 12.2. The van der Waals surface area contributed by atoms with E-state index in [4.69, 9.17) is 0 Å². The van der Waals surface area contributed by atoms with Gasteiger partial charge in [0.2, 0.25) is 0 Å². The van der Waals surface area contributed by atoms with E-state index in [9.17, 15) is 39.5 Å². The van der Waals surface area contributed by atoms with Gasteiger partial charge in [-0.05, 0) is 0 Å². The summed E-state index contributed by atoms with van der Waals surface area (Å²) in [6, 6.07) is 0. The smallest absolute Gasteiger partial charge is 0.198 e. The lowest BCUT2D eigenvalue weighted by molar-refractivity contribution is -0.392. The van der Waals surface area contributed by atoms with Crippen LogP contribution in [0.15, 0.2) is 0 Å². The van der Waals surface area contributed by atoms with Crippen LogP contribution in [0.4, 0.5) is 39.5 Å². The quantitative estimate of drug-likeness (QED) is 0.541. The highest BCUT2D eigenvalue weighted by atomic mass is 35.5. The van der Waals surface area contributed by atoms with Crippen molar-refractivity contribution < 1.29 is 39.5 Å². The van der Waals surface area contributed by atoms with Gasteiger partial charge in [0.1, 0.15) is 0 Å². The number of hydrogen-bond donors (Lipinski definition) is 0. The molecule has 10 heteroatoms. The first kappa shape index (κ1) is 14.7. The van der Waals surface area contributed by atoms with Crippen molar-refractivity contribution >= 4 is 11.6 Å². The van der Waals surface area contributed by atoms with Gasteiger partial charge in [0, 0.05) is 0 Å². The minimum absolute atomic E-state index is 2.36. The van der Waals surface area contributed by atoms with Gasteiger partial charge in [-0.2, -0.15) is 39.5 Å². The molecule has 0 spiro atoms. The van der Waals surface area contributed by atoms with E-state index < -0.39 is 29.8 Å². The SMILES string of the molecule is FC(F)(F)C(F)(F)C(F)(F)C(F)(F)CCl. The van der Waals surface area contributed by atoms with Crippen LogP contribution in [0.5, 0.6) is 0 Å². The summed E-state index contributed by atoms with van der Waals surface area (Å²) in [5.74, 6) is -21.5. The second kappa shape index (κ2) is 3.60. The van der Waals surface area contributed by atoms with Crippen molar-refractivity contribution in [1.29, 1.82) is 0 Å². The Bertz CT molecular complexity index is 229. The molecule has 0 aliphatic rings. The molecule has 0 unspecified atom stereocenters. The molecule has 0 radical (unpaired) electrons. The number of hydrogen-bond acceptors (Lipinski definition) is 0. The second-order valence-corrected chi connectivity index (χ2v) is 2.75. The summed E-state index contributed by atoms with van der Waals surface area (Å²) < 4.78 is 107. The fraction of sp³-hybridized carbons (Fsp3) is 1.00. The first-order chi connectivity index (χ1) is 6.31. The molecular formula is C5H2ClF9. The van der Waals surface area contributed by atoms with Gasteiger partial charge >= 0.3 is 23.9 Å². The topological polar surface area (TPSA) is 0 Å². The zero-order valence-electron chi connectivity index (χ0n) is 6.49. The molecular weight excluding hydrogens is 266 g/mol. The van der Waals surface area contributed by atoms with Gasteiger partial charge in [0.05, 0.1) is 5.88 Å². The van der Waals surface area contributed by atoms with Gasteiger partial charge in [0.15, 0.2) is 0 Å². The Kier molecular flexibility index (Phi) is 3.52. The lowest BCUT2D eigenvalue weighted by Gasteiger charge is -2.32. The molecule has 0 N–H and O–H groups in total. The van der Waals surface area contributed by atoms with E-state index in [0.717, 1.165) is 0 Å². The highest BCUT2D eigenvalue weighted by molar-refractivity contribution is 6.18. The number of halogens is 10. The fourth-order valence-corrected chi connectivity index (χ4v) is 0.659. The van der Waals surface area contributed by atoms with Crippen LogP contribution in [0.2, 0.25) is 0 Å². The van der Waals surface area contributed by atoms with Gasteiger partial charge in [-0.15, -0.1) is 11.6 Å². The van der Waals surface area contributed by atoms with Gasteiger partial charge < -0.3 is 0 Å². The van der Waals surface area contributed by atoms with E-state index in [1.165, 1.54) is 0 Å². The van der Waals surface area contributed by atoms with E-state index >= 15 is 0 Å². The van der Waals surface area contributed by atoms with Gasteiger partial charge in [-0.3, -0.25) is 0 Å². The van der Waals surface area contributed by atoms with Crippen LogP contribution in [-0.2, 0) is 0 Å². The third-order valence-electron chi connectivity index (χ3n) is 1.38. The Hall–Kier alpha value is -0.340. The monoisotopic (exact) mass is 268 g/mol. The van der Waals surface area contributed by atoms with Crippen molar-refractivity contribution in [3.63, 3.8) is 0 Å². The molecule has 0 aromatic heterocycles. The zero-order valence-corrected chi connectivity index (χ0v) is 7.24. The average molecular weight is 269 g/mol. The Morgan fingerprint density at radius 2 is 1.00 bits per heavy atom. The van der Waals surface area contributed by atoms with Crippen LogP contribution in [0.3, 0.4) is 0 Å². The summed E-state index contributed by atoms with van der Waals surface area (Å²) >= 11 is 4.20. The summed E-state index contributed by atoms with van der Waals surface area (Å²) in [4.78, 5) is 0. The average Bonchev–Trinajstić information content (AvgIpc) is 2.01. The van der Waals surface area contributed by atoms with Crippen molar-refractivity contribution in [3.05, 3.63) is 0 Å². The molecule has 0 nitrogen and oxygen atoms in total. The van der Waals surface area contributed by atoms with Gasteiger partial charge in [-0.25, -0.2) is 0 Å². The molecule has 0 saturated heterocycles. The van der Waals surface area contributed by atoms with Crippen LogP contribution in [0, 0.1) is 0 Å². The summed E-state index contributed by atoms with van der Waals surface area (Å²) in [6.45, 7) is 0.